The quantitative estimate of drug-likeness (QED) is 0.472. The van der Waals surface area contributed by atoms with E-state index >= 15 is 0 Å². The van der Waals surface area contributed by atoms with Gasteiger partial charge in [-0.25, -0.2) is 9.37 Å². The first-order chi connectivity index (χ1) is 15.8. The average molecular weight is 460 g/mol. The lowest BCUT2D eigenvalue weighted by Gasteiger charge is -2.22. The number of aromatic hydroxyl groups is 1. The molecule has 0 atom stereocenters. The Balaban J connectivity index is 2.04. The van der Waals surface area contributed by atoms with Gasteiger partial charge in [0.15, 0.2) is 5.69 Å². The van der Waals surface area contributed by atoms with Crippen molar-refractivity contribution in [2.45, 2.75) is 33.4 Å². The summed E-state index contributed by atoms with van der Waals surface area (Å²) in [6.07, 6.45) is 4.55. The third-order valence-electron chi connectivity index (χ3n) is 5.34. The molecule has 1 aromatic heterocycles. The number of nitrogens with zero attached hydrogens (tertiary/aromatic N) is 4. The van der Waals surface area contributed by atoms with Gasteiger partial charge >= 0.3 is 0 Å². The van der Waals surface area contributed by atoms with Crippen molar-refractivity contribution in [3.05, 3.63) is 69.7 Å². The standard InChI is InChI=1S/C24H34FN5O3/c1-5-7-12-28(3)13-14-29(4)15-16-30-20(6-2)27-21(22(31)24(30)33)23(32)26-17-18-8-10-19(25)11-9-18/h5,7-11,31H,6,12-17H2,1-4H3,(H,26,32)/b7-5+. The molecule has 0 saturated heterocycles. The maximum absolute atomic E-state index is 13.0. The Bertz CT molecular complexity index is 1000. The molecule has 9 heteroatoms. The molecule has 0 radical (unpaired) electrons. The third-order valence-corrected chi connectivity index (χ3v) is 5.34. The molecule has 0 spiro atoms. The molecule has 0 aliphatic heterocycles. The van der Waals surface area contributed by atoms with Crippen LogP contribution in [0.5, 0.6) is 5.75 Å². The van der Waals surface area contributed by atoms with Gasteiger partial charge in [0.25, 0.3) is 11.5 Å². The number of halogens is 1. The first-order valence-electron chi connectivity index (χ1n) is 11.1. The Kier molecular flexibility index (Phi) is 10.2. The Hall–Kier alpha value is -3.04. The number of nitrogens with one attached hydrogen (secondary N) is 1. The minimum absolute atomic E-state index is 0.123. The predicted octanol–water partition coefficient (Wildman–Crippen LogP) is 2.02. The number of amides is 1. The highest BCUT2D eigenvalue weighted by Gasteiger charge is 2.21. The van der Waals surface area contributed by atoms with Gasteiger partial charge in [0.2, 0.25) is 5.75 Å². The molecule has 0 saturated carbocycles. The maximum atomic E-state index is 13.0. The molecule has 1 amide bonds. The molecule has 2 N–H and O–H groups in total. The number of likely N-dealkylation sites (N-methyl/N-ethyl adjacent to an activating group) is 2. The lowest BCUT2D eigenvalue weighted by atomic mass is 10.2. The van der Waals surface area contributed by atoms with E-state index in [2.05, 4.69) is 33.2 Å². The van der Waals surface area contributed by atoms with E-state index < -0.39 is 17.2 Å². The molecule has 2 rings (SSSR count). The summed E-state index contributed by atoms with van der Waals surface area (Å²) >= 11 is 0. The normalized spacial score (nSPS) is 11.6. The van der Waals surface area contributed by atoms with Crippen LogP contribution < -0.4 is 10.9 Å². The summed E-state index contributed by atoms with van der Waals surface area (Å²) in [5, 5.41) is 13.0. The van der Waals surface area contributed by atoms with Gasteiger partial charge in [-0.3, -0.25) is 14.2 Å². The number of carbonyl (C=O) groups is 1. The van der Waals surface area contributed by atoms with Gasteiger partial charge in [0, 0.05) is 45.7 Å². The van der Waals surface area contributed by atoms with Crippen molar-refractivity contribution >= 4 is 5.91 Å². The van der Waals surface area contributed by atoms with E-state index in [9.17, 15) is 19.1 Å². The zero-order valence-corrected chi connectivity index (χ0v) is 19.8. The molecule has 33 heavy (non-hydrogen) atoms. The zero-order chi connectivity index (χ0) is 24.4. The predicted molar refractivity (Wildman–Crippen MR) is 127 cm³/mol. The Labute approximate surface area is 194 Å². The number of carbonyl (C=O) groups excluding carboxylic acids is 1. The minimum Gasteiger partial charge on any atom is -0.501 e. The van der Waals surface area contributed by atoms with Crippen LogP contribution in [0.2, 0.25) is 0 Å². The van der Waals surface area contributed by atoms with Gasteiger partial charge in [0.05, 0.1) is 0 Å². The fraction of sp³-hybridized carbons (Fsp3) is 0.458. The first-order valence-corrected chi connectivity index (χ1v) is 11.1. The van der Waals surface area contributed by atoms with Crippen LogP contribution >= 0.6 is 0 Å². The molecule has 0 unspecified atom stereocenters. The van der Waals surface area contributed by atoms with E-state index in [0.29, 0.717) is 30.9 Å². The van der Waals surface area contributed by atoms with Gasteiger partial charge in [0.1, 0.15) is 11.6 Å². The van der Waals surface area contributed by atoms with Crippen LogP contribution in [0.1, 0.15) is 35.7 Å². The molecule has 0 aliphatic rings. The highest BCUT2D eigenvalue weighted by atomic mass is 19.1. The minimum atomic E-state index is -0.669. The second-order valence-corrected chi connectivity index (χ2v) is 7.98. The number of rotatable bonds is 12. The monoisotopic (exact) mass is 459 g/mol. The summed E-state index contributed by atoms with van der Waals surface area (Å²) in [4.78, 5) is 33.9. The van der Waals surface area contributed by atoms with Crippen molar-refractivity contribution in [2.75, 3.05) is 40.3 Å². The van der Waals surface area contributed by atoms with Crippen LogP contribution in [0.25, 0.3) is 0 Å². The van der Waals surface area contributed by atoms with Crippen molar-refractivity contribution in [1.29, 1.82) is 0 Å². The van der Waals surface area contributed by atoms with E-state index in [1.165, 1.54) is 16.7 Å². The topological polar surface area (TPSA) is 90.7 Å². The van der Waals surface area contributed by atoms with Gasteiger partial charge in [-0.2, -0.15) is 0 Å². The number of aromatic nitrogens is 2. The number of benzene rings is 1. The van der Waals surface area contributed by atoms with Crippen molar-refractivity contribution in [3.63, 3.8) is 0 Å². The fourth-order valence-corrected chi connectivity index (χ4v) is 3.22. The maximum Gasteiger partial charge on any atom is 0.296 e. The average Bonchev–Trinajstić information content (AvgIpc) is 2.81. The zero-order valence-electron chi connectivity index (χ0n) is 19.8. The summed E-state index contributed by atoms with van der Waals surface area (Å²) in [6.45, 7) is 7.50. The third kappa shape index (κ3) is 7.80. The lowest BCUT2D eigenvalue weighted by Crippen LogP contribution is -2.36. The summed E-state index contributed by atoms with van der Waals surface area (Å²) in [6, 6.07) is 5.69. The van der Waals surface area contributed by atoms with Crippen LogP contribution in [0.4, 0.5) is 4.39 Å². The smallest absolute Gasteiger partial charge is 0.296 e. The Morgan fingerprint density at radius 1 is 1.18 bits per heavy atom. The molecule has 8 nitrogen and oxygen atoms in total. The van der Waals surface area contributed by atoms with E-state index in [4.69, 9.17) is 0 Å². The number of aryl methyl sites for hydroxylation is 1. The highest BCUT2D eigenvalue weighted by Crippen LogP contribution is 2.11. The Morgan fingerprint density at radius 2 is 1.85 bits per heavy atom. The van der Waals surface area contributed by atoms with Crippen LogP contribution in [-0.4, -0.2) is 70.6 Å². The molecule has 180 valence electrons. The molecule has 2 aromatic rings. The van der Waals surface area contributed by atoms with E-state index in [-0.39, 0.29) is 18.1 Å². The van der Waals surface area contributed by atoms with Gasteiger partial charge < -0.3 is 20.2 Å². The van der Waals surface area contributed by atoms with Gasteiger partial charge in [-0.15, -0.1) is 0 Å². The SMILES string of the molecule is C/C=C/CN(C)CCN(C)CCn1c(CC)nc(C(=O)NCc2ccc(F)cc2)c(O)c1=O. The van der Waals surface area contributed by atoms with Crippen LogP contribution in [0.15, 0.2) is 41.2 Å². The molecule has 0 aliphatic carbocycles. The van der Waals surface area contributed by atoms with Crippen LogP contribution in [0, 0.1) is 5.82 Å². The molecular formula is C24H34FN5O3. The fourth-order valence-electron chi connectivity index (χ4n) is 3.22. The number of hydrogen-bond donors (Lipinski definition) is 2. The molecule has 0 fully saturated rings. The number of hydrogen-bond acceptors (Lipinski definition) is 6. The first kappa shape index (κ1) is 26.2. The Morgan fingerprint density at radius 3 is 2.48 bits per heavy atom. The van der Waals surface area contributed by atoms with E-state index in [1.807, 2.05) is 27.0 Å². The summed E-state index contributed by atoms with van der Waals surface area (Å²) in [5.74, 6) is -1.26. The summed E-state index contributed by atoms with van der Waals surface area (Å²) in [7, 11) is 4.03. The van der Waals surface area contributed by atoms with Crippen molar-refractivity contribution in [2.24, 2.45) is 0 Å². The molecule has 1 aromatic carbocycles. The van der Waals surface area contributed by atoms with Crippen molar-refractivity contribution in [1.82, 2.24) is 24.7 Å². The highest BCUT2D eigenvalue weighted by molar-refractivity contribution is 5.94. The molecule has 1 heterocycles. The summed E-state index contributed by atoms with van der Waals surface area (Å²) < 4.78 is 14.5. The lowest BCUT2D eigenvalue weighted by molar-refractivity contribution is 0.0941. The molecule has 0 bridgehead atoms. The summed E-state index contributed by atoms with van der Waals surface area (Å²) in [5.41, 5.74) is -0.241. The van der Waals surface area contributed by atoms with Crippen LogP contribution in [-0.2, 0) is 19.5 Å². The second-order valence-electron chi connectivity index (χ2n) is 7.98. The van der Waals surface area contributed by atoms with Gasteiger partial charge in [-0.1, -0.05) is 31.2 Å². The van der Waals surface area contributed by atoms with Crippen molar-refractivity contribution in [3.8, 4) is 5.75 Å². The second kappa shape index (κ2) is 12.9. The number of allylic oxidation sites excluding steroid dienone is 1. The van der Waals surface area contributed by atoms with E-state index in [1.54, 1.807) is 12.1 Å². The van der Waals surface area contributed by atoms with Crippen LogP contribution in [0.3, 0.4) is 0 Å². The molecular weight excluding hydrogens is 425 g/mol. The largest absolute Gasteiger partial charge is 0.501 e. The van der Waals surface area contributed by atoms with E-state index in [0.717, 1.165) is 19.6 Å². The van der Waals surface area contributed by atoms with Crippen molar-refractivity contribution < 1.29 is 14.3 Å². The van der Waals surface area contributed by atoms with Gasteiger partial charge in [-0.05, 0) is 38.7 Å².